The van der Waals surface area contributed by atoms with Crippen LogP contribution in [0.3, 0.4) is 0 Å². The monoisotopic (exact) mass is 342 g/mol. The first kappa shape index (κ1) is 16.1. The van der Waals surface area contributed by atoms with Crippen molar-refractivity contribution in [2.24, 2.45) is 0 Å². The number of carboxylic acid groups (broad SMARTS) is 1. The summed E-state index contributed by atoms with van der Waals surface area (Å²) in [5, 5.41) is 9.66. The smallest absolute Gasteiger partial charge is 0.303 e. The van der Waals surface area contributed by atoms with Gasteiger partial charge in [-0.1, -0.05) is 24.0 Å². The molecule has 0 radical (unpaired) electrons. The van der Waals surface area contributed by atoms with Crippen LogP contribution in [0.2, 0.25) is 0 Å². The van der Waals surface area contributed by atoms with Gasteiger partial charge in [-0.25, -0.2) is 0 Å². The topological polar surface area (TPSA) is 73.4 Å². The number of nitrogens with zero attached hydrogens (tertiary/aromatic N) is 1. The van der Waals surface area contributed by atoms with E-state index < -0.39 is 5.97 Å². The van der Waals surface area contributed by atoms with Crippen LogP contribution in [0.4, 0.5) is 0 Å². The SMILES string of the molecule is CSc1ccc(/C=C2\SC(=S)N(CCCC(=O)O)C2=O)[nH]1. The molecular formula is C13H14N2O3S3. The summed E-state index contributed by atoms with van der Waals surface area (Å²) in [5.74, 6) is -1.03. The van der Waals surface area contributed by atoms with Crippen LogP contribution in [0.25, 0.3) is 6.08 Å². The van der Waals surface area contributed by atoms with Crippen LogP contribution in [-0.2, 0) is 9.59 Å². The number of aromatic amines is 1. The molecule has 5 nitrogen and oxygen atoms in total. The summed E-state index contributed by atoms with van der Waals surface area (Å²) in [4.78, 5) is 28.0. The summed E-state index contributed by atoms with van der Waals surface area (Å²) in [6.45, 7) is 0.342. The first-order valence-electron chi connectivity index (χ1n) is 6.21. The van der Waals surface area contributed by atoms with Crippen LogP contribution >= 0.6 is 35.7 Å². The van der Waals surface area contributed by atoms with Crippen molar-refractivity contribution in [3.05, 3.63) is 22.7 Å². The Morgan fingerprint density at radius 3 is 2.95 bits per heavy atom. The Kier molecular flexibility index (Phi) is 5.49. The number of thioether (sulfide) groups is 2. The van der Waals surface area contributed by atoms with E-state index in [1.165, 1.54) is 16.7 Å². The molecule has 1 saturated heterocycles. The second-order valence-corrected chi connectivity index (χ2v) is 6.84. The number of carbonyl (C=O) groups excluding carboxylic acids is 1. The average Bonchev–Trinajstić information content (AvgIpc) is 2.98. The molecule has 2 N–H and O–H groups in total. The highest BCUT2D eigenvalue weighted by atomic mass is 32.2. The highest BCUT2D eigenvalue weighted by molar-refractivity contribution is 8.26. The number of aliphatic carboxylic acids is 1. The van der Waals surface area contributed by atoms with Gasteiger partial charge in [-0.2, -0.15) is 0 Å². The maximum Gasteiger partial charge on any atom is 0.303 e. The molecule has 1 aromatic rings. The molecule has 2 rings (SSSR count). The molecule has 8 heteroatoms. The summed E-state index contributed by atoms with van der Waals surface area (Å²) >= 11 is 8.03. The molecule has 0 bridgehead atoms. The third-order valence-electron chi connectivity index (χ3n) is 2.83. The second kappa shape index (κ2) is 7.15. The van der Waals surface area contributed by atoms with Crippen LogP contribution in [0.15, 0.2) is 22.1 Å². The van der Waals surface area contributed by atoms with Crippen molar-refractivity contribution in [1.82, 2.24) is 9.88 Å². The Balaban J connectivity index is 2.04. The van der Waals surface area contributed by atoms with Gasteiger partial charge in [0.25, 0.3) is 5.91 Å². The van der Waals surface area contributed by atoms with E-state index in [9.17, 15) is 9.59 Å². The molecule has 112 valence electrons. The first-order valence-corrected chi connectivity index (χ1v) is 8.66. The minimum absolute atomic E-state index is 0.0316. The Labute approximate surface area is 136 Å². The van der Waals surface area contributed by atoms with Gasteiger partial charge in [-0.3, -0.25) is 14.5 Å². The molecular weight excluding hydrogens is 328 g/mol. The predicted molar refractivity (Wildman–Crippen MR) is 89.3 cm³/mol. The van der Waals surface area contributed by atoms with Crippen molar-refractivity contribution >= 4 is 58.0 Å². The second-order valence-electron chi connectivity index (χ2n) is 4.31. The standard InChI is InChI=1S/C13H14N2O3S3/c1-20-10-5-4-8(14-10)7-9-12(18)15(13(19)21-9)6-2-3-11(16)17/h4-5,7,14H,2-3,6H2,1H3,(H,16,17)/b9-7-. The maximum absolute atomic E-state index is 12.3. The van der Waals surface area contributed by atoms with Crippen LogP contribution < -0.4 is 0 Å². The van der Waals surface area contributed by atoms with Gasteiger partial charge in [-0.05, 0) is 30.9 Å². The van der Waals surface area contributed by atoms with Gasteiger partial charge in [0.05, 0.1) is 9.93 Å². The van der Waals surface area contributed by atoms with E-state index in [2.05, 4.69) is 4.98 Å². The van der Waals surface area contributed by atoms with E-state index in [1.54, 1.807) is 17.8 Å². The van der Waals surface area contributed by atoms with Gasteiger partial charge in [-0.15, -0.1) is 11.8 Å². The number of aromatic nitrogens is 1. The quantitative estimate of drug-likeness (QED) is 0.470. The lowest BCUT2D eigenvalue weighted by Crippen LogP contribution is -2.29. The number of nitrogens with one attached hydrogen (secondary N) is 1. The number of carbonyl (C=O) groups is 2. The van der Waals surface area contributed by atoms with E-state index in [-0.39, 0.29) is 12.3 Å². The minimum Gasteiger partial charge on any atom is -0.481 e. The molecule has 21 heavy (non-hydrogen) atoms. The summed E-state index contributed by atoms with van der Waals surface area (Å²) in [5.41, 5.74) is 0.852. The Bertz CT molecular complexity index is 610. The summed E-state index contributed by atoms with van der Waals surface area (Å²) in [7, 11) is 0. The first-order chi connectivity index (χ1) is 10.0. The molecule has 0 aliphatic carbocycles. The van der Waals surface area contributed by atoms with Gasteiger partial charge in [0.1, 0.15) is 4.32 Å². The molecule has 0 aromatic carbocycles. The lowest BCUT2D eigenvalue weighted by molar-refractivity contribution is -0.137. The van der Waals surface area contributed by atoms with Gasteiger partial charge in [0.2, 0.25) is 0 Å². The fraction of sp³-hybridized carbons (Fsp3) is 0.308. The van der Waals surface area contributed by atoms with Crippen LogP contribution in [0, 0.1) is 0 Å². The zero-order chi connectivity index (χ0) is 15.4. The van der Waals surface area contributed by atoms with Gasteiger partial charge >= 0.3 is 5.97 Å². The van der Waals surface area contributed by atoms with Crippen molar-refractivity contribution in [3.8, 4) is 0 Å². The lowest BCUT2D eigenvalue weighted by atomic mass is 10.3. The molecule has 1 amide bonds. The molecule has 1 aromatic heterocycles. The Morgan fingerprint density at radius 2 is 2.33 bits per heavy atom. The van der Waals surface area contributed by atoms with Gasteiger partial charge in [0, 0.05) is 18.7 Å². The van der Waals surface area contributed by atoms with Crippen molar-refractivity contribution in [2.45, 2.75) is 17.9 Å². The van der Waals surface area contributed by atoms with Crippen LogP contribution in [-0.4, -0.2) is 44.0 Å². The molecule has 1 fully saturated rings. The number of hydrogen-bond acceptors (Lipinski definition) is 5. The Hall–Kier alpha value is -1.25. The number of rotatable bonds is 6. The predicted octanol–water partition coefficient (Wildman–Crippen LogP) is 2.80. The Morgan fingerprint density at radius 1 is 1.57 bits per heavy atom. The third-order valence-corrected chi connectivity index (χ3v) is 4.89. The number of carboxylic acids is 1. The van der Waals surface area contributed by atoms with E-state index in [1.807, 2.05) is 18.4 Å². The van der Waals surface area contributed by atoms with E-state index in [4.69, 9.17) is 17.3 Å². The minimum atomic E-state index is -0.869. The normalized spacial score (nSPS) is 17.0. The number of thiocarbonyl (C=S) groups is 1. The van der Waals surface area contributed by atoms with Gasteiger partial charge < -0.3 is 10.1 Å². The summed E-state index contributed by atoms with van der Waals surface area (Å²) in [6, 6.07) is 3.85. The maximum atomic E-state index is 12.3. The fourth-order valence-electron chi connectivity index (χ4n) is 1.82. The highest BCUT2D eigenvalue weighted by Crippen LogP contribution is 2.32. The number of H-pyrrole nitrogens is 1. The third kappa shape index (κ3) is 4.12. The average molecular weight is 342 g/mol. The molecule has 0 atom stereocenters. The molecule has 1 aliphatic rings. The van der Waals surface area contributed by atoms with Crippen molar-refractivity contribution in [3.63, 3.8) is 0 Å². The van der Waals surface area contributed by atoms with Crippen molar-refractivity contribution < 1.29 is 14.7 Å². The van der Waals surface area contributed by atoms with E-state index in [0.29, 0.717) is 22.2 Å². The van der Waals surface area contributed by atoms with E-state index >= 15 is 0 Å². The van der Waals surface area contributed by atoms with Crippen LogP contribution in [0.1, 0.15) is 18.5 Å². The molecule has 0 unspecified atom stereocenters. The van der Waals surface area contributed by atoms with E-state index in [0.717, 1.165) is 10.7 Å². The largest absolute Gasteiger partial charge is 0.481 e. The van der Waals surface area contributed by atoms with Gasteiger partial charge in [0.15, 0.2) is 0 Å². The zero-order valence-electron chi connectivity index (χ0n) is 11.3. The highest BCUT2D eigenvalue weighted by Gasteiger charge is 2.31. The zero-order valence-corrected chi connectivity index (χ0v) is 13.7. The fourth-order valence-corrected chi connectivity index (χ4v) is 3.54. The molecule has 0 saturated carbocycles. The molecule has 1 aliphatic heterocycles. The van der Waals surface area contributed by atoms with Crippen molar-refractivity contribution in [1.29, 1.82) is 0 Å². The summed E-state index contributed by atoms with van der Waals surface area (Å²) < 4.78 is 0.480. The number of hydrogen-bond donors (Lipinski definition) is 2. The molecule has 2 heterocycles. The lowest BCUT2D eigenvalue weighted by Gasteiger charge is -2.13. The number of amides is 1. The van der Waals surface area contributed by atoms with Crippen molar-refractivity contribution in [2.75, 3.05) is 12.8 Å². The van der Waals surface area contributed by atoms with Crippen LogP contribution in [0.5, 0.6) is 0 Å². The summed E-state index contributed by atoms with van der Waals surface area (Å²) in [6.07, 6.45) is 4.17. The molecule has 0 spiro atoms.